The van der Waals surface area contributed by atoms with Gasteiger partial charge in [0.15, 0.2) is 0 Å². The maximum Gasteiger partial charge on any atom is 0.254 e. The van der Waals surface area contributed by atoms with E-state index in [1.54, 1.807) is 0 Å². The van der Waals surface area contributed by atoms with Crippen molar-refractivity contribution in [3.05, 3.63) is 89.0 Å². The molecule has 0 aromatic heterocycles. The van der Waals surface area contributed by atoms with Crippen LogP contribution in [0.5, 0.6) is 0 Å². The standard InChI is InChI=1S/C28H28N2O/c31-28-25-13-8-14-27(29-16-6-1-7-17-29)26(25)19-30(28)18-15-24-22-11-4-2-9-20(22)21-10-3-5-12-23(21)24/h2-5,8-14,24H,1,6-7,15-19H2. The van der Waals surface area contributed by atoms with E-state index in [2.05, 4.69) is 70.5 Å². The zero-order chi connectivity index (χ0) is 20.8. The van der Waals surface area contributed by atoms with Crippen LogP contribution in [0, 0.1) is 0 Å². The highest BCUT2D eigenvalue weighted by Gasteiger charge is 2.33. The summed E-state index contributed by atoms with van der Waals surface area (Å²) in [6, 6.07) is 23.8. The van der Waals surface area contributed by atoms with Crippen LogP contribution in [0.25, 0.3) is 11.1 Å². The molecule has 3 nitrogen and oxygen atoms in total. The zero-order valence-corrected chi connectivity index (χ0v) is 17.9. The number of anilines is 1. The van der Waals surface area contributed by atoms with Gasteiger partial charge in [0.2, 0.25) is 0 Å². The monoisotopic (exact) mass is 408 g/mol. The number of fused-ring (bicyclic) bond motifs is 4. The second kappa shape index (κ2) is 7.56. The molecule has 0 atom stereocenters. The highest BCUT2D eigenvalue weighted by molar-refractivity contribution is 6.00. The van der Waals surface area contributed by atoms with E-state index in [0.29, 0.717) is 5.92 Å². The van der Waals surface area contributed by atoms with Crippen LogP contribution >= 0.6 is 0 Å². The molecule has 2 heterocycles. The van der Waals surface area contributed by atoms with Gasteiger partial charge in [-0.05, 0) is 60.1 Å². The van der Waals surface area contributed by atoms with E-state index in [9.17, 15) is 4.79 Å². The summed E-state index contributed by atoms with van der Waals surface area (Å²) in [5, 5.41) is 0. The van der Waals surface area contributed by atoms with Gasteiger partial charge in [-0.3, -0.25) is 4.79 Å². The van der Waals surface area contributed by atoms with Crippen molar-refractivity contribution in [2.24, 2.45) is 0 Å². The van der Waals surface area contributed by atoms with Gasteiger partial charge in [-0.25, -0.2) is 0 Å². The molecule has 3 aromatic rings. The van der Waals surface area contributed by atoms with Crippen LogP contribution in [0.2, 0.25) is 0 Å². The van der Waals surface area contributed by atoms with Crippen molar-refractivity contribution in [1.82, 2.24) is 4.90 Å². The molecule has 0 unspecified atom stereocenters. The van der Waals surface area contributed by atoms with Gasteiger partial charge in [0.25, 0.3) is 5.91 Å². The minimum absolute atomic E-state index is 0.202. The van der Waals surface area contributed by atoms with Crippen molar-refractivity contribution in [1.29, 1.82) is 0 Å². The Kier molecular flexibility index (Phi) is 4.56. The van der Waals surface area contributed by atoms with Crippen molar-refractivity contribution in [3.8, 4) is 11.1 Å². The third-order valence-electron chi connectivity index (χ3n) is 7.36. The fourth-order valence-corrected chi connectivity index (χ4v) is 5.84. The van der Waals surface area contributed by atoms with Crippen LogP contribution in [-0.2, 0) is 6.54 Å². The summed E-state index contributed by atoms with van der Waals surface area (Å²) in [4.78, 5) is 17.8. The Morgan fingerprint density at radius 2 is 1.39 bits per heavy atom. The van der Waals surface area contributed by atoms with Crippen molar-refractivity contribution >= 4 is 11.6 Å². The van der Waals surface area contributed by atoms with Crippen LogP contribution in [0.15, 0.2) is 66.7 Å². The van der Waals surface area contributed by atoms with E-state index < -0.39 is 0 Å². The molecule has 3 heteroatoms. The molecule has 2 aliphatic heterocycles. The minimum atomic E-state index is 0.202. The number of amides is 1. The summed E-state index contributed by atoms with van der Waals surface area (Å²) in [6.07, 6.45) is 4.79. The number of piperidine rings is 1. The summed E-state index contributed by atoms with van der Waals surface area (Å²) in [7, 11) is 0. The quantitative estimate of drug-likeness (QED) is 0.542. The Balaban J connectivity index is 1.24. The molecular weight excluding hydrogens is 380 g/mol. The van der Waals surface area contributed by atoms with E-state index in [4.69, 9.17) is 0 Å². The zero-order valence-electron chi connectivity index (χ0n) is 17.9. The molecule has 3 aliphatic rings. The number of benzene rings is 3. The minimum Gasteiger partial charge on any atom is -0.371 e. The topological polar surface area (TPSA) is 23.6 Å². The normalized spacial score (nSPS) is 17.6. The molecule has 156 valence electrons. The van der Waals surface area contributed by atoms with Crippen LogP contribution < -0.4 is 4.90 Å². The number of carbonyl (C=O) groups excluding carboxylic acids is 1. The third-order valence-corrected chi connectivity index (χ3v) is 7.36. The van der Waals surface area contributed by atoms with Crippen molar-refractivity contribution in [2.45, 2.75) is 38.1 Å². The van der Waals surface area contributed by atoms with Crippen LogP contribution in [0.1, 0.15) is 58.6 Å². The lowest BCUT2D eigenvalue weighted by atomic mass is 9.93. The molecule has 0 spiro atoms. The maximum absolute atomic E-state index is 13.2. The van der Waals surface area contributed by atoms with Crippen molar-refractivity contribution < 1.29 is 4.79 Å². The Bertz CT molecular complexity index is 1100. The van der Waals surface area contributed by atoms with Crippen LogP contribution in [0.4, 0.5) is 5.69 Å². The molecule has 0 bridgehead atoms. The van der Waals surface area contributed by atoms with E-state index in [1.807, 2.05) is 6.07 Å². The number of hydrogen-bond donors (Lipinski definition) is 0. The summed E-state index contributed by atoms with van der Waals surface area (Å²) >= 11 is 0. The summed E-state index contributed by atoms with van der Waals surface area (Å²) in [5.41, 5.74) is 8.95. The first-order chi connectivity index (χ1) is 15.3. The van der Waals surface area contributed by atoms with E-state index in [-0.39, 0.29) is 5.91 Å². The molecule has 1 saturated heterocycles. The largest absolute Gasteiger partial charge is 0.371 e. The van der Waals surface area contributed by atoms with E-state index in [0.717, 1.165) is 38.2 Å². The average molecular weight is 409 g/mol. The lowest BCUT2D eigenvalue weighted by Crippen LogP contribution is -2.30. The molecular formula is C28H28N2O. The Labute approximate surface area is 184 Å². The van der Waals surface area contributed by atoms with Gasteiger partial charge in [0.1, 0.15) is 0 Å². The highest BCUT2D eigenvalue weighted by Crippen LogP contribution is 2.46. The van der Waals surface area contributed by atoms with Gasteiger partial charge >= 0.3 is 0 Å². The first kappa shape index (κ1) is 18.7. The third kappa shape index (κ3) is 3.06. The predicted molar refractivity (Wildman–Crippen MR) is 126 cm³/mol. The predicted octanol–water partition coefficient (Wildman–Crippen LogP) is 5.84. The molecule has 0 saturated carbocycles. The van der Waals surface area contributed by atoms with Gasteiger partial charge in [0, 0.05) is 48.9 Å². The number of nitrogens with zero attached hydrogens (tertiary/aromatic N) is 2. The SMILES string of the molecule is O=C1c2cccc(N3CCCCC3)c2CN1CCC1c2ccccc2-c2ccccc21. The molecule has 6 rings (SSSR count). The Morgan fingerprint density at radius 1 is 0.742 bits per heavy atom. The fraction of sp³-hybridized carbons (Fsp3) is 0.321. The van der Waals surface area contributed by atoms with Gasteiger partial charge in [-0.2, -0.15) is 0 Å². The molecule has 1 aliphatic carbocycles. The van der Waals surface area contributed by atoms with Crippen LogP contribution in [0.3, 0.4) is 0 Å². The van der Waals surface area contributed by atoms with Crippen molar-refractivity contribution in [3.63, 3.8) is 0 Å². The molecule has 0 N–H and O–H groups in total. The first-order valence-electron chi connectivity index (χ1n) is 11.7. The average Bonchev–Trinajstić information content (AvgIpc) is 3.33. The van der Waals surface area contributed by atoms with Gasteiger partial charge in [-0.1, -0.05) is 54.6 Å². The first-order valence-corrected chi connectivity index (χ1v) is 11.7. The Hall–Kier alpha value is -3.07. The van der Waals surface area contributed by atoms with Gasteiger partial charge < -0.3 is 9.80 Å². The van der Waals surface area contributed by atoms with Gasteiger partial charge in [0.05, 0.1) is 0 Å². The molecule has 1 fully saturated rings. The summed E-state index contributed by atoms with van der Waals surface area (Å²) in [5.74, 6) is 0.568. The lowest BCUT2D eigenvalue weighted by molar-refractivity contribution is 0.0775. The molecule has 1 amide bonds. The van der Waals surface area contributed by atoms with Crippen LogP contribution in [-0.4, -0.2) is 30.4 Å². The number of rotatable bonds is 4. The maximum atomic E-state index is 13.2. The Morgan fingerprint density at radius 3 is 2.10 bits per heavy atom. The molecule has 3 aromatic carbocycles. The number of carbonyl (C=O) groups is 1. The second-order valence-electron chi connectivity index (χ2n) is 9.09. The van der Waals surface area contributed by atoms with E-state index >= 15 is 0 Å². The van der Waals surface area contributed by atoms with Crippen molar-refractivity contribution in [2.75, 3.05) is 24.5 Å². The second-order valence-corrected chi connectivity index (χ2v) is 9.09. The molecule has 31 heavy (non-hydrogen) atoms. The lowest BCUT2D eigenvalue weighted by Gasteiger charge is -2.30. The highest BCUT2D eigenvalue weighted by atomic mass is 16.2. The molecule has 0 radical (unpaired) electrons. The fourth-order valence-electron chi connectivity index (χ4n) is 5.84. The number of hydrogen-bond acceptors (Lipinski definition) is 2. The summed E-state index contributed by atoms with van der Waals surface area (Å²) < 4.78 is 0. The van der Waals surface area contributed by atoms with E-state index in [1.165, 1.54) is 52.8 Å². The van der Waals surface area contributed by atoms with Gasteiger partial charge in [-0.15, -0.1) is 0 Å². The smallest absolute Gasteiger partial charge is 0.254 e. The summed E-state index contributed by atoms with van der Waals surface area (Å²) in [6.45, 7) is 3.76.